The van der Waals surface area contributed by atoms with Crippen molar-refractivity contribution in [1.29, 1.82) is 0 Å². The van der Waals surface area contributed by atoms with Gasteiger partial charge in [-0.05, 0) is 36.6 Å². The number of benzene rings is 2. The molecule has 0 amide bonds. The van der Waals surface area contributed by atoms with Gasteiger partial charge in [0.15, 0.2) is 0 Å². The highest BCUT2D eigenvalue weighted by Crippen LogP contribution is 2.39. The number of nitrogens with zero attached hydrogens (tertiary/aromatic N) is 2. The number of hydrogen-bond donors (Lipinski definition) is 0. The van der Waals surface area contributed by atoms with Crippen molar-refractivity contribution >= 4 is 11.4 Å². The predicted octanol–water partition coefficient (Wildman–Crippen LogP) is 4.24. The van der Waals surface area contributed by atoms with Crippen LogP contribution >= 0.6 is 0 Å². The van der Waals surface area contributed by atoms with Gasteiger partial charge in [0, 0.05) is 25.4 Å². The van der Waals surface area contributed by atoms with Crippen molar-refractivity contribution in [3.8, 4) is 17.2 Å². The molecule has 0 N–H and O–H groups in total. The Balaban J connectivity index is 1.96. The first-order chi connectivity index (χ1) is 12.0. The standard InChI is InChI=1S/C19H20N2O4/c1-13(20(2)3)14-6-4-8-16(10-14)25-19-11-15-7-5-9-24-18(15)12-17(19)21(22)23/h4,6,8,10-12H,1,5,7,9H2,2-3H3. The fourth-order valence-corrected chi connectivity index (χ4v) is 2.71. The van der Waals surface area contributed by atoms with E-state index in [-0.39, 0.29) is 11.4 Å². The molecule has 0 spiro atoms. The van der Waals surface area contributed by atoms with Gasteiger partial charge in [-0.15, -0.1) is 0 Å². The third-order valence-corrected chi connectivity index (χ3v) is 4.12. The van der Waals surface area contributed by atoms with Crippen molar-refractivity contribution in [3.63, 3.8) is 0 Å². The smallest absolute Gasteiger partial charge is 0.315 e. The number of aryl methyl sites for hydroxylation is 1. The molecule has 3 rings (SSSR count). The normalized spacial score (nSPS) is 12.7. The van der Waals surface area contributed by atoms with Crippen LogP contribution in [0.4, 0.5) is 5.69 Å². The topological polar surface area (TPSA) is 64.8 Å². The molecule has 6 nitrogen and oxygen atoms in total. The summed E-state index contributed by atoms with van der Waals surface area (Å²) in [5.74, 6) is 1.32. The molecule has 6 heteroatoms. The van der Waals surface area contributed by atoms with Crippen LogP contribution in [0.2, 0.25) is 0 Å². The lowest BCUT2D eigenvalue weighted by Crippen LogP contribution is -2.09. The van der Waals surface area contributed by atoms with Gasteiger partial charge < -0.3 is 14.4 Å². The van der Waals surface area contributed by atoms with Crippen LogP contribution in [-0.4, -0.2) is 30.5 Å². The Bertz CT molecular complexity index is 830. The van der Waals surface area contributed by atoms with E-state index in [9.17, 15) is 10.1 Å². The lowest BCUT2D eigenvalue weighted by atomic mass is 10.1. The van der Waals surface area contributed by atoms with E-state index in [1.165, 1.54) is 6.07 Å². The molecular formula is C19H20N2O4. The van der Waals surface area contributed by atoms with Gasteiger partial charge in [-0.1, -0.05) is 18.7 Å². The number of ether oxygens (including phenoxy) is 2. The summed E-state index contributed by atoms with van der Waals surface area (Å²) in [6, 6.07) is 10.5. The molecule has 2 aromatic carbocycles. The fourth-order valence-electron chi connectivity index (χ4n) is 2.71. The van der Waals surface area contributed by atoms with E-state index >= 15 is 0 Å². The van der Waals surface area contributed by atoms with Gasteiger partial charge in [0.25, 0.3) is 0 Å². The van der Waals surface area contributed by atoms with E-state index in [0.717, 1.165) is 29.7 Å². The zero-order valence-electron chi connectivity index (χ0n) is 14.3. The molecule has 0 radical (unpaired) electrons. The van der Waals surface area contributed by atoms with E-state index in [1.807, 2.05) is 37.2 Å². The van der Waals surface area contributed by atoms with Crippen LogP contribution in [0.5, 0.6) is 17.2 Å². The van der Waals surface area contributed by atoms with Crippen molar-refractivity contribution in [2.24, 2.45) is 0 Å². The van der Waals surface area contributed by atoms with Gasteiger partial charge in [0.2, 0.25) is 5.75 Å². The van der Waals surface area contributed by atoms with Crippen LogP contribution in [0.3, 0.4) is 0 Å². The van der Waals surface area contributed by atoms with Gasteiger partial charge in [0.05, 0.1) is 17.6 Å². The molecule has 0 atom stereocenters. The van der Waals surface area contributed by atoms with E-state index in [2.05, 4.69) is 6.58 Å². The minimum atomic E-state index is -0.448. The summed E-state index contributed by atoms with van der Waals surface area (Å²) < 4.78 is 11.4. The lowest BCUT2D eigenvalue weighted by Gasteiger charge is -2.19. The molecule has 0 aromatic heterocycles. The predicted molar refractivity (Wildman–Crippen MR) is 96.1 cm³/mol. The van der Waals surface area contributed by atoms with Gasteiger partial charge in [-0.2, -0.15) is 0 Å². The number of nitro groups is 1. The van der Waals surface area contributed by atoms with E-state index < -0.39 is 4.92 Å². The van der Waals surface area contributed by atoms with Crippen LogP contribution in [0.1, 0.15) is 17.5 Å². The average molecular weight is 340 g/mol. The molecule has 2 aromatic rings. The van der Waals surface area contributed by atoms with Crippen LogP contribution in [0.25, 0.3) is 5.70 Å². The molecule has 0 saturated carbocycles. The van der Waals surface area contributed by atoms with Gasteiger partial charge in [-0.3, -0.25) is 10.1 Å². The molecule has 0 bridgehead atoms. The summed E-state index contributed by atoms with van der Waals surface area (Å²) >= 11 is 0. The quantitative estimate of drug-likeness (QED) is 0.601. The zero-order chi connectivity index (χ0) is 18.0. The van der Waals surface area contributed by atoms with Gasteiger partial charge >= 0.3 is 5.69 Å². The average Bonchev–Trinajstić information content (AvgIpc) is 2.60. The lowest BCUT2D eigenvalue weighted by molar-refractivity contribution is -0.385. The highest BCUT2D eigenvalue weighted by molar-refractivity contribution is 5.63. The van der Waals surface area contributed by atoms with Crippen LogP contribution in [0, 0.1) is 10.1 Å². The van der Waals surface area contributed by atoms with E-state index in [0.29, 0.717) is 18.1 Å². The molecule has 0 fully saturated rings. The molecule has 0 saturated heterocycles. The minimum Gasteiger partial charge on any atom is -0.493 e. The molecule has 130 valence electrons. The summed E-state index contributed by atoms with van der Waals surface area (Å²) in [5, 5.41) is 11.4. The Labute approximate surface area is 146 Å². The number of nitro benzene ring substituents is 1. The van der Waals surface area contributed by atoms with Crippen molar-refractivity contribution in [2.45, 2.75) is 12.8 Å². The Morgan fingerprint density at radius 1 is 1.32 bits per heavy atom. The Hall–Kier alpha value is -3.02. The van der Waals surface area contributed by atoms with Gasteiger partial charge in [-0.25, -0.2) is 0 Å². The summed E-state index contributed by atoms with van der Waals surface area (Å²) in [7, 11) is 3.81. The number of rotatable bonds is 5. The Morgan fingerprint density at radius 3 is 2.84 bits per heavy atom. The third-order valence-electron chi connectivity index (χ3n) is 4.12. The van der Waals surface area contributed by atoms with Crippen molar-refractivity contribution in [1.82, 2.24) is 4.90 Å². The van der Waals surface area contributed by atoms with Crippen LogP contribution in [-0.2, 0) is 6.42 Å². The molecule has 0 aliphatic carbocycles. The SMILES string of the molecule is C=C(c1cccc(Oc2cc3c(cc2[N+](=O)[O-])OCCC3)c1)N(C)C. The van der Waals surface area contributed by atoms with Crippen molar-refractivity contribution in [2.75, 3.05) is 20.7 Å². The second-order valence-corrected chi connectivity index (χ2v) is 6.11. The third kappa shape index (κ3) is 3.57. The molecular weight excluding hydrogens is 320 g/mol. The summed E-state index contributed by atoms with van der Waals surface area (Å²) in [6.45, 7) is 4.60. The zero-order valence-corrected chi connectivity index (χ0v) is 14.3. The first kappa shape index (κ1) is 16.8. The second kappa shape index (κ2) is 6.84. The maximum atomic E-state index is 11.4. The largest absolute Gasteiger partial charge is 0.493 e. The Morgan fingerprint density at radius 2 is 2.12 bits per heavy atom. The highest BCUT2D eigenvalue weighted by Gasteiger charge is 2.23. The summed E-state index contributed by atoms with van der Waals surface area (Å²) in [4.78, 5) is 12.9. The molecule has 1 heterocycles. The Kier molecular flexibility index (Phi) is 4.61. The maximum Gasteiger partial charge on any atom is 0.315 e. The van der Waals surface area contributed by atoms with Crippen LogP contribution < -0.4 is 9.47 Å². The molecule has 25 heavy (non-hydrogen) atoms. The molecule has 0 unspecified atom stereocenters. The molecule has 1 aliphatic heterocycles. The van der Waals surface area contributed by atoms with E-state index in [1.54, 1.807) is 12.1 Å². The summed E-state index contributed by atoms with van der Waals surface area (Å²) in [6.07, 6.45) is 1.71. The minimum absolute atomic E-state index is 0.0995. The number of fused-ring (bicyclic) bond motifs is 1. The second-order valence-electron chi connectivity index (χ2n) is 6.11. The summed E-state index contributed by atoms with van der Waals surface area (Å²) in [5.41, 5.74) is 2.56. The highest BCUT2D eigenvalue weighted by atomic mass is 16.6. The van der Waals surface area contributed by atoms with Crippen molar-refractivity contribution < 1.29 is 14.4 Å². The van der Waals surface area contributed by atoms with Crippen LogP contribution in [0.15, 0.2) is 43.0 Å². The van der Waals surface area contributed by atoms with Gasteiger partial charge in [0.1, 0.15) is 11.5 Å². The maximum absolute atomic E-state index is 11.4. The fraction of sp³-hybridized carbons (Fsp3) is 0.263. The molecule has 1 aliphatic rings. The number of hydrogen-bond acceptors (Lipinski definition) is 5. The van der Waals surface area contributed by atoms with E-state index in [4.69, 9.17) is 9.47 Å². The monoisotopic (exact) mass is 340 g/mol. The first-order valence-electron chi connectivity index (χ1n) is 8.04. The first-order valence-corrected chi connectivity index (χ1v) is 8.04. The van der Waals surface area contributed by atoms with Crippen molar-refractivity contribution in [3.05, 3.63) is 64.2 Å².